The molecule has 4 nitrogen and oxygen atoms in total. The van der Waals surface area contributed by atoms with Crippen molar-refractivity contribution in [2.24, 2.45) is 0 Å². The van der Waals surface area contributed by atoms with Crippen LogP contribution in [0.1, 0.15) is 11.1 Å². The number of para-hydroxylation sites is 2. The first-order valence-corrected chi connectivity index (χ1v) is 10.6. The predicted octanol–water partition coefficient (Wildman–Crippen LogP) is 5.98. The molecule has 1 N–H and O–H groups in total. The Morgan fingerprint density at radius 3 is 2.67 bits per heavy atom. The summed E-state index contributed by atoms with van der Waals surface area (Å²) in [5.41, 5.74) is 4.59. The summed E-state index contributed by atoms with van der Waals surface area (Å²) in [5.74, 6) is 0.790. The Bertz CT molecular complexity index is 1280. The second-order valence-electron chi connectivity index (χ2n) is 7.16. The number of fused-ring (bicyclic) bond motifs is 2. The summed E-state index contributed by atoms with van der Waals surface area (Å²) in [4.78, 5) is 12.6. The van der Waals surface area contributed by atoms with Gasteiger partial charge in [0.05, 0.1) is 6.54 Å². The molecule has 1 aliphatic heterocycles. The van der Waals surface area contributed by atoms with Gasteiger partial charge in [-0.3, -0.25) is 4.79 Å². The zero-order valence-electron chi connectivity index (χ0n) is 16.1. The molecule has 1 aromatic heterocycles. The SMILES string of the molecule is O=C1Nc2ccccc2C1=Cc1cn(CCOc2ccccc2)c2ccc(Br)cc12. The van der Waals surface area contributed by atoms with Crippen molar-refractivity contribution in [3.63, 3.8) is 0 Å². The first-order valence-electron chi connectivity index (χ1n) is 9.78. The summed E-state index contributed by atoms with van der Waals surface area (Å²) in [6, 6.07) is 23.8. The van der Waals surface area contributed by atoms with E-state index in [-0.39, 0.29) is 5.91 Å². The third-order valence-electron chi connectivity index (χ3n) is 5.23. The molecular weight excluding hydrogens is 440 g/mol. The summed E-state index contributed by atoms with van der Waals surface area (Å²) >= 11 is 3.58. The van der Waals surface area contributed by atoms with Gasteiger partial charge in [-0.1, -0.05) is 52.3 Å². The summed E-state index contributed by atoms with van der Waals surface area (Å²) in [6.45, 7) is 1.27. The lowest BCUT2D eigenvalue weighted by atomic mass is 10.0. The van der Waals surface area contributed by atoms with E-state index in [1.54, 1.807) is 0 Å². The quantitative estimate of drug-likeness (QED) is 0.374. The number of carbonyl (C=O) groups excluding carboxylic acids is 1. The molecule has 2 heterocycles. The Balaban J connectivity index is 1.50. The number of hydrogen-bond acceptors (Lipinski definition) is 2. The van der Waals surface area contributed by atoms with Crippen molar-refractivity contribution >= 4 is 50.1 Å². The minimum absolute atomic E-state index is 0.0699. The van der Waals surface area contributed by atoms with Crippen LogP contribution in [0.15, 0.2) is 83.5 Å². The van der Waals surface area contributed by atoms with Gasteiger partial charge in [0.25, 0.3) is 5.91 Å². The number of ether oxygens (including phenoxy) is 1. The van der Waals surface area contributed by atoms with Crippen LogP contribution in [-0.2, 0) is 11.3 Å². The molecule has 0 radical (unpaired) electrons. The standard InChI is InChI=1S/C25H19BrN2O2/c26-18-10-11-24-21(15-18)17(14-22-20-8-4-5-9-23(20)27-25(22)29)16-28(24)12-13-30-19-6-2-1-3-7-19/h1-11,14-16H,12-13H2,(H,27,29). The van der Waals surface area contributed by atoms with E-state index in [2.05, 4.69) is 44.1 Å². The van der Waals surface area contributed by atoms with Crippen LogP contribution in [-0.4, -0.2) is 17.1 Å². The van der Waals surface area contributed by atoms with E-state index in [1.807, 2.05) is 66.7 Å². The van der Waals surface area contributed by atoms with Crippen molar-refractivity contribution < 1.29 is 9.53 Å². The van der Waals surface area contributed by atoms with Gasteiger partial charge in [0.15, 0.2) is 0 Å². The molecule has 0 bridgehead atoms. The normalized spacial score (nSPS) is 14.2. The lowest BCUT2D eigenvalue weighted by Crippen LogP contribution is -2.07. The molecule has 0 saturated carbocycles. The molecule has 148 valence electrons. The number of hydrogen-bond donors (Lipinski definition) is 1. The highest BCUT2D eigenvalue weighted by Crippen LogP contribution is 2.35. The monoisotopic (exact) mass is 458 g/mol. The fourth-order valence-corrected chi connectivity index (χ4v) is 4.17. The molecule has 0 aliphatic carbocycles. The van der Waals surface area contributed by atoms with Gasteiger partial charge in [-0.15, -0.1) is 0 Å². The van der Waals surface area contributed by atoms with Gasteiger partial charge >= 0.3 is 0 Å². The Kier molecular flexibility index (Phi) is 4.89. The first-order chi connectivity index (χ1) is 14.7. The number of amides is 1. The maximum Gasteiger partial charge on any atom is 0.256 e. The summed E-state index contributed by atoms with van der Waals surface area (Å²) < 4.78 is 9.06. The van der Waals surface area contributed by atoms with Crippen LogP contribution in [0.5, 0.6) is 5.75 Å². The van der Waals surface area contributed by atoms with Crippen molar-refractivity contribution in [1.82, 2.24) is 4.57 Å². The van der Waals surface area contributed by atoms with Gasteiger partial charge in [0.2, 0.25) is 0 Å². The molecule has 3 aromatic carbocycles. The molecule has 0 fully saturated rings. The van der Waals surface area contributed by atoms with Crippen molar-refractivity contribution in [3.05, 3.63) is 94.6 Å². The van der Waals surface area contributed by atoms with Crippen LogP contribution in [0.4, 0.5) is 5.69 Å². The van der Waals surface area contributed by atoms with Crippen molar-refractivity contribution in [2.45, 2.75) is 6.54 Å². The minimum Gasteiger partial charge on any atom is -0.492 e. The molecule has 0 spiro atoms. The number of benzene rings is 3. The smallest absolute Gasteiger partial charge is 0.256 e. The Labute approximate surface area is 182 Å². The number of nitrogens with zero attached hydrogens (tertiary/aromatic N) is 1. The van der Waals surface area contributed by atoms with Crippen molar-refractivity contribution in [1.29, 1.82) is 0 Å². The fourth-order valence-electron chi connectivity index (χ4n) is 3.81. The number of anilines is 1. The van der Waals surface area contributed by atoms with Gasteiger partial charge < -0.3 is 14.6 Å². The van der Waals surface area contributed by atoms with E-state index in [1.165, 1.54) is 0 Å². The summed E-state index contributed by atoms with van der Waals surface area (Å²) in [7, 11) is 0. The van der Waals surface area contributed by atoms with Crippen LogP contribution in [0.25, 0.3) is 22.6 Å². The van der Waals surface area contributed by atoms with Gasteiger partial charge in [-0.05, 0) is 42.5 Å². The molecule has 0 atom stereocenters. The van der Waals surface area contributed by atoms with E-state index < -0.39 is 0 Å². The highest BCUT2D eigenvalue weighted by molar-refractivity contribution is 9.10. The largest absolute Gasteiger partial charge is 0.492 e. The predicted molar refractivity (Wildman–Crippen MR) is 125 cm³/mol. The van der Waals surface area contributed by atoms with E-state index in [9.17, 15) is 4.79 Å². The van der Waals surface area contributed by atoms with Gasteiger partial charge in [-0.2, -0.15) is 0 Å². The van der Waals surface area contributed by atoms with E-state index in [4.69, 9.17) is 4.74 Å². The zero-order chi connectivity index (χ0) is 20.5. The van der Waals surface area contributed by atoms with E-state index >= 15 is 0 Å². The van der Waals surface area contributed by atoms with Crippen LogP contribution < -0.4 is 10.1 Å². The van der Waals surface area contributed by atoms with Crippen molar-refractivity contribution in [2.75, 3.05) is 11.9 Å². The van der Waals surface area contributed by atoms with E-state index in [0.717, 1.165) is 37.9 Å². The van der Waals surface area contributed by atoms with Crippen LogP contribution in [0.3, 0.4) is 0 Å². The second kappa shape index (κ2) is 7.84. The van der Waals surface area contributed by atoms with Gasteiger partial charge in [0, 0.05) is 44.0 Å². The highest BCUT2D eigenvalue weighted by Gasteiger charge is 2.24. The summed E-state index contributed by atoms with van der Waals surface area (Å²) in [6.07, 6.45) is 4.07. The summed E-state index contributed by atoms with van der Waals surface area (Å²) in [5, 5.41) is 4.03. The molecule has 0 unspecified atom stereocenters. The maximum atomic E-state index is 12.6. The first kappa shape index (κ1) is 18.7. The molecule has 30 heavy (non-hydrogen) atoms. The molecule has 0 saturated heterocycles. The van der Waals surface area contributed by atoms with Crippen molar-refractivity contribution in [3.8, 4) is 5.75 Å². The van der Waals surface area contributed by atoms with Crippen LogP contribution in [0.2, 0.25) is 0 Å². The van der Waals surface area contributed by atoms with Crippen LogP contribution in [0, 0.1) is 0 Å². The average molecular weight is 459 g/mol. The molecule has 5 rings (SSSR count). The number of halogens is 1. The molecule has 4 aromatic rings. The zero-order valence-corrected chi connectivity index (χ0v) is 17.7. The third kappa shape index (κ3) is 3.53. The fraction of sp³-hybridized carbons (Fsp3) is 0.0800. The number of aromatic nitrogens is 1. The lowest BCUT2D eigenvalue weighted by molar-refractivity contribution is -0.110. The second-order valence-corrected chi connectivity index (χ2v) is 8.07. The third-order valence-corrected chi connectivity index (χ3v) is 5.72. The van der Waals surface area contributed by atoms with Crippen LogP contribution >= 0.6 is 15.9 Å². The molecule has 1 aliphatic rings. The minimum atomic E-state index is -0.0699. The topological polar surface area (TPSA) is 43.3 Å². The van der Waals surface area contributed by atoms with E-state index in [0.29, 0.717) is 18.7 Å². The Morgan fingerprint density at radius 1 is 1.00 bits per heavy atom. The molecule has 1 amide bonds. The number of nitrogens with one attached hydrogen (secondary N) is 1. The lowest BCUT2D eigenvalue weighted by Gasteiger charge is -2.08. The van der Waals surface area contributed by atoms with Gasteiger partial charge in [-0.25, -0.2) is 0 Å². The molecular formula is C25H19BrN2O2. The number of rotatable bonds is 5. The Hall–Kier alpha value is -3.31. The molecule has 5 heteroatoms. The Morgan fingerprint density at radius 2 is 1.80 bits per heavy atom. The van der Waals surface area contributed by atoms with Gasteiger partial charge in [0.1, 0.15) is 12.4 Å². The average Bonchev–Trinajstić information content (AvgIpc) is 3.26. The highest BCUT2D eigenvalue weighted by atomic mass is 79.9. The maximum absolute atomic E-state index is 12.6. The number of carbonyl (C=O) groups is 1.